The van der Waals surface area contributed by atoms with Crippen molar-refractivity contribution < 1.29 is 9.47 Å². The average Bonchev–Trinajstić information content (AvgIpc) is 2.92. The van der Waals surface area contributed by atoms with Gasteiger partial charge in [-0.05, 0) is 44.0 Å². The van der Waals surface area contributed by atoms with Crippen LogP contribution in [0.1, 0.15) is 37.3 Å². The van der Waals surface area contributed by atoms with E-state index in [1.165, 1.54) is 18.4 Å². The van der Waals surface area contributed by atoms with Crippen molar-refractivity contribution in [3.8, 4) is 5.75 Å². The van der Waals surface area contributed by atoms with Gasteiger partial charge in [-0.2, -0.15) is 0 Å². The molecule has 0 aliphatic carbocycles. The van der Waals surface area contributed by atoms with Crippen LogP contribution in [0.5, 0.6) is 5.75 Å². The summed E-state index contributed by atoms with van der Waals surface area (Å²) in [6, 6.07) is 6.65. The maximum Gasteiger partial charge on any atom is 0.124 e. The second kappa shape index (κ2) is 6.25. The highest BCUT2D eigenvalue weighted by Gasteiger charge is 2.22. The molecule has 2 heterocycles. The van der Waals surface area contributed by atoms with Gasteiger partial charge in [-0.1, -0.05) is 15.9 Å². The van der Waals surface area contributed by atoms with E-state index in [9.17, 15) is 0 Å². The lowest BCUT2D eigenvalue weighted by Gasteiger charge is -2.27. The zero-order chi connectivity index (χ0) is 13.1. The van der Waals surface area contributed by atoms with Gasteiger partial charge in [-0.25, -0.2) is 0 Å². The van der Waals surface area contributed by atoms with Crippen LogP contribution in [0.2, 0.25) is 0 Å². The third kappa shape index (κ3) is 3.30. The first-order chi connectivity index (χ1) is 9.33. The highest BCUT2D eigenvalue weighted by Crippen LogP contribution is 2.34. The van der Waals surface area contributed by atoms with Gasteiger partial charge in [-0.15, -0.1) is 0 Å². The van der Waals surface area contributed by atoms with Crippen molar-refractivity contribution >= 4 is 15.9 Å². The van der Waals surface area contributed by atoms with E-state index in [0.29, 0.717) is 12.1 Å². The molecule has 0 aromatic heterocycles. The van der Waals surface area contributed by atoms with E-state index >= 15 is 0 Å². The van der Waals surface area contributed by atoms with E-state index in [2.05, 4.69) is 27.3 Å². The number of hydrogen-bond acceptors (Lipinski definition) is 3. The van der Waals surface area contributed by atoms with Gasteiger partial charge < -0.3 is 14.8 Å². The molecule has 2 unspecified atom stereocenters. The molecule has 1 saturated heterocycles. The third-order valence-corrected chi connectivity index (χ3v) is 4.39. The fraction of sp³-hybridized carbons (Fsp3) is 0.600. The van der Waals surface area contributed by atoms with Crippen LogP contribution >= 0.6 is 15.9 Å². The molecule has 1 N–H and O–H groups in total. The SMILES string of the molecule is Brc1ccc2c(c1)C(NCCC1CCCO1)CCO2. The Labute approximate surface area is 122 Å². The summed E-state index contributed by atoms with van der Waals surface area (Å²) in [5, 5.41) is 3.65. The molecule has 3 nitrogen and oxygen atoms in total. The summed E-state index contributed by atoms with van der Waals surface area (Å²) in [6.45, 7) is 2.76. The highest BCUT2D eigenvalue weighted by molar-refractivity contribution is 9.10. The minimum Gasteiger partial charge on any atom is -0.493 e. The molecule has 0 saturated carbocycles. The van der Waals surface area contributed by atoms with E-state index in [-0.39, 0.29) is 0 Å². The molecule has 1 aromatic rings. The zero-order valence-corrected chi connectivity index (χ0v) is 12.6. The molecule has 1 aromatic carbocycles. The summed E-state index contributed by atoms with van der Waals surface area (Å²) in [4.78, 5) is 0. The summed E-state index contributed by atoms with van der Waals surface area (Å²) >= 11 is 3.54. The Morgan fingerprint density at radius 1 is 1.26 bits per heavy atom. The predicted octanol–water partition coefficient (Wildman–Crippen LogP) is 3.43. The summed E-state index contributed by atoms with van der Waals surface area (Å²) in [5.74, 6) is 1.02. The van der Waals surface area contributed by atoms with Gasteiger partial charge in [0, 0.05) is 29.1 Å². The second-order valence-electron chi connectivity index (χ2n) is 5.25. The van der Waals surface area contributed by atoms with Crippen LogP contribution in [0.3, 0.4) is 0 Å². The lowest BCUT2D eigenvalue weighted by atomic mass is 10.0. The Morgan fingerprint density at radius 3 is 3.05 bits per heavy atom. The van der Waals surface area contributed by atoms with Crippen LogP contribution in [0.25, 0.3) is 0 Å². The van der Waals surface area contributed by atoms with Crippen LogP contribution in [-0.4, -0.2) is 25.9 Å². The van der Waals surface area contributed by atoms with Crippen molar-refractivity contribution in [2.45, 2.75) is 37.8 Å². The number of nitrogens with one attached hydrogen (secondary N) is 1. The Hall–Kier alpha value is -0.580. The van der Waals surface area contributed by atoms with Gasteiger partial charge in [0.2, 0.25) is 0 Å². The number of fused-ring (bicyclic) bond motifs is 1. The molecule has 2 atom stereocenters. The molecule has 0 radical (unpaired) electrons. The normalized spacial score (nSPS) is 25.9. The van der Waals surface area contributed by atoms with Crippen LogP contribution in [0, 0.1) is 0 Å². The van der Waals surface area contributed by atoms with Gasteiger partial charge in [0.25, 0.3) is 0 Å². The monoisotopic (exact) mass is 325 g/mol. The molecule has 0 amide bonds. The van der Waals surface area contributed by atoms with Gasteiger partial charge in [0.1, 0.15) is 5.75 Å². The van der Waals surface area contributed by atoms with Crippen LogP contribution in [-0.2, 0) is 4.74 Å². The molecular formula is C15H20BrNO2. The zero-order valence-electron chi connectivity index (χ0n) is 11.0. The molecule has 1 fully saturated rings. The first-order valence-electron chi connectivity index (χ1n) is 7.10. The minimum atomic E-state index is 0.405. The Balaban J connectivity index is 1.58. The van der Waals surface area contributed by atoms with E-state index in [1.54, 1.807) is 0 Å². The van der Waals surface area contributed by atoms with Crippen molar-refractivity contribution in [3.63, 3.8) is 0 Å². The highest BCUT2D eigenvalue weighted by atomic mass is 79.9. The minimum absolute atomic E-state index is 0.405. The van der Waals surface area contributed by atoms with Crippen LogP contribution < -0.4 is 10.1 Å². The molecule has 0 spiro atoms. The van der Waals surface area contributed by atoms with E-state index in [0.717, 1.165) is 42.8 Å². The van der Waals surface area contributed by atoms with Gasteiger partial charge in [-0.3, -0.25) is 0 Å². The Kier molecular flexibility index (Phi) is 4.41. The first kappa shape index (κ1) is 13.4. The lowest BCUT2D eigenvalue weighted by molar-refractivity contribution is 0.103. The summed E-state index contributed by atoms with van der Waals surface area (Å²) in [5.41, 5.74) is 1.27. The lowest BCUT2D eigenvalue weighted by Crippen LogP contribution is -2.29. The summed E-state index contributed by atoms with van der Waals surface area (Å²) in [7, 11) is 0. The molecule has 4 heteroatoms. The van der Waals surface area contributed by atoms with E-state index in [1.807, 2.05) is 12.1 Å². The topological polar surface area (TPSA) is 30.5 Å². The number of halogens is 1. The molecule has 104 valence electrons. The van der Waals surface area contributed by atoms with Crippen molar-refractivity contribution in [1.82, 2.24) is 5.32 Å². The molecular weight excluding hydrogens is 306 g/mol. The molecule has 3 rings (SSSR count). The number of rotatable bonds is 4. The third-order valence-electron chi connectivity index (χ3n) is 3.89. The fourth-order valence-corrected chi connectivity index (χ4v) is 3.25. The Morgan fingerprint density at radius 2 is 2.21 bits per heavy atom. The van der Waals surface area contributed by atoms with Crippen LogP contribution in [0.4, 0.5) is 0 Å². The smallest absolute Gasteiger partial charge is 0.124 e. The van der Waals surface area contributed by atoms with Crippen molar-refractivity contribution in [2.24, 2.45) is 0 Å². The number of ether oxygens (including phenoxy) is 2. The standard InChI is InChI=1S/C15H20BrNO2/c16-11-3-4-15-13(10-11)14(6-9-19-15)17-7-5-12-2-1-8-18-12/h3-4,10,12,14,17H,1-2,5-9H2. The van der Waals surface area contributed by atoms with E-state index < -0.39 is 0 Å². The number of hydrogen-bond donors (Lipinski definition) is 1. The predicted molar refractivity (Wildman–Crippen MR) is 78.6 cm³/mol. The Bertz CT molecular complexity index is 432. The average molecular weight is 326 g/mol. The number of benzene rings is 1. The summed E-state index contributed by atoms with van der Waals surface area (Å²) in [6.07, 6.45) is 5.06. The maximum absolute atomic E-state index is 5.70. The quantitative estimate of drug-likeness (QED) is 0.919. The molecule has 2 aliphatic heterocycles. The van der Waals surface area contributed by atoms with Crippen molar-refractivity contribution in [1.29, 1.82) is 0 Å². The molecule has 0 bridgehead atoms. The maximum atomic E-state index is 5.70. The fourth-order valence-electron chi connectivity index (χ4n) is 2.87. The van der Waals surface area contributed by atoms with Gasteiger partial charge >= 0.3 is 0 Å². The summed E-state index contributed by atoms with van der Waals surface area (Å²) < 4.78 is 12.5. The molecule has 19 heavy (non-hydrogen) atoms. The van der Waals surface area contributed by atoms with Gasteiger partial charge in [0.05, 0.1) is 12.7 Å². The van der Waals surface area contributed by atoms with Gasteiger partial charge in [0.15, 0.2) is 0 Å². The van der Waals surface area contributed by atoms with E-state index in [4.69, 9.17) is 9.47 Å². The van der Waals surface area contributed by atoms with Crippen molar-refractivity contribution in [2.75, 3.05) is 19.8 Å². The largest absolute Gasteiger partial charge is 0.493 e. The first-order valence-corrected chi connectivity index (χ1v) is 7.89. The van der Waals surface area contributed by atoms with Crippen LogP contribution in [0.15, 0.2) is 22.7 Å². The second-order valence-corrected chi connectivity index (χ2v) is 6.17. The van der Waals surface area contributed by atoms with Crippen molar-refractivity contribution in [3.05, 3.63) is 28.2 Å². The molecule has 2 aliphatic rings.